The van der Waals surface area contributed by atoms with Crippen molar-refractivity contribution in [2.75, 3.05) is 6.61 Å². The molecule has 4 aliphatic rings. The maximum atomic E-state index is 6.23. The van der Waals surface area contributed by atoms with Crippen molar-refractivity contribution in [2.45, 2.75) is 45.6 Å². The summed E-state index contributed by atoms with van der Waals surface area (Å²) in [6.45, 7) is 7.09. The number of rotatable bonds is 7. The average molecular weight is 667 g/mol. The zero-order valence-electron chi connectivity index (χ0n) is 29.1. The summed E-state index contributed by atoms with van der Waals surface area (Å²) >= 11 is 0. The normalized spacial score (nSPS) is 20.0. The summed E-state index contributed by atoms with van der Waals surface area (Å²) in [5.74, 6) is 2.43. The van der Waals surface area contributed by atoms with E-state index in [2.05, 4.69) is 157 Å². The number of para-hydroxylation sites is 2. The Morgan fingerprint density at radius 3 is 2.47 bits per heavy atom. The van der Waals surface area contributed by atoms with Gasteiger partial charge in [-0.3, -0.25) is 4.99 Å². The zero-order valence-corrected chi connectivity index (χ0v) is 29.1. The van der Waals surface area contributed by atoms with E-state index in [1.54, 1.807) is 0 Å². The van der Waals surface area contributed by atoms with Crippen molar-refractivity contribution in [3.8, 4) is 5.75 Å². The first-order valence-electron chi connectivity index (χ1n) is 18.0. The predicted molar refractivity (Wildman–Crippen MR) is 216 cm³/mol. The summed E-state index contributed by atoms with van der Waals surface area (Å²) in [4.78, 5) is 14.6. The Labute approximate surface area is 300 Å². The Morgan fingerprint density at radius 1 is 0.922 bits per heavy atom. The predicted octanol–water partition coefficient (Wildman–Crippen LogP) is 11.2. The molecule has 2 heterocycles. The number of ether oxygens (including phenoxy) is 1. The molecule has 8 rings (SSSR count). The van der Waals surface area contributed by atoms with Gasteiger partial charge in [0.05, 0.1) is 17.6 Å². The maximum Gasteiger partial charge on any atom is 0.153 e. The highest BCUT2D eigenvalue weighted by atomic mass is 16.5. The molecule has 0 spiro atoms. The molecule has 0 saturated carbocycles. The molecular formula is C46H42N4O. The number of aliphatic imine (C=N–C) groups is 3. The molecule has 3 aliphatic carbocycles. The molecule has 0 radical (unpaired) electrons. The van der Waals surface area contributed by atoms with Crippen molar-refractivity contribution in [3.63, 3.8) is 0 Å². The molecule has 0 saturated heterocycles. The highest BCUT2D eigenvalue weighted by Gasteiger charge is 2.20. The van der Waals surface area contributed by atoms with Crippen LogP contribution in [0.4, 0.5) is 0 Å². The first kappa shape index (κ1) is 32.4. The molecule has 1 atom stereocenters. The van der Waals surface area contributed by atoms with Crippen molar-refractivity contribution in [1.29, 1.82) is 0 Å². The number of hydrogen-bond donors (Lipinski definition) is 0. The van der Waals surface area contributed by atoms with E-state index >= 15 is 0 Å². The van der Waals surface area contributed by atoms with Crippen molar-refractivity contribution in [1.82, 2.24) is 4.57 Å². The third-order valence-electron chi connectivity index (χ3n) is 10.1. The summed E-state index contributed by atoms with van der Waals surface area (Å²) < 4.78 is 8.58. The van der Waals surface area contributed by atoms with Crippen LogP contribution in [0.1, 0.15) is 50.2 Å². The molecule has 3 aromatic carbocycles. The van der Waals surface area contributed by atoms with E-state index in [9.17, 15) is 0 Å². The summed E-state index contributed by atoms with van der Waals surface area (Å²) in [5.41, 5.74) is 10.6. The summed E-state index contributed by atoms with van der Waals surface area (Å²) in [6.07, 6.45) is 29.1. The molecule has 0 fully saturated rings. The topological polar surface area (TPSA) is 51.2 Å². The average Bonchev–Trinajstić information content (AvgIpc) is 3.76. The molecule has 1 aromatic heterocycles. The molecule has 0 amide bonds. The van der Waals surface area contributed by atoms with Crippen LogP contribution in [0, 0.1) is 5.92 Å². The molecular weight excluding hydrogens is 625 g/mol. The first-order chi connectivity index (χ1) is 25.2. The molecule has 1 aliphatic heterocycles. The zero-order chi connectivity index (χ0) is 34.6. The highest BCUT2D eigenvalue weighted by Crippen LogP contribution is 2.36. The van der Waals surface area contributed by atoms with Gasteiger partial charge in [0.2, 0.25) is 0 Å². The number of benzene rings is 3. The Bertz CT molecular complexity index is 2290. The molecule has 51 heavy (non-hydrogen) atoms. The molecule has 4 aromatic rings. The van der Waals surface area contributed by atoms with Crippen LogP contribution in [-0.4, -0.2) is 29.6 Å². The van der Waals surface area contributed by atoms with E-state index < -0.39 is 0 Å². The van der Waals surface area contributed by atoms with Crippen molar-refractivity contribution in [3.05, 3.63) is 161 Å². The number of nitrogens with zero attached hydrogens (tertiary/aromatic N) is 4. The lowest BCUT2D eigenvalue weighted by Crippen LogP contribution is -2.15. The Morgan fingerprint density at radius 2 is 1.73 bits per heavy atom. The van der Waals surface area contributed by atoms with E-state index in [1.165, 1.54) is 38.5 Å². The van der Waals surface area contributed by atoms with Crippen LogP contribution in [0.15, 0.2) is 165 Å². The highest BCUT2D eigenvalue weighted by molar-refractivity contribution is 6.10. The fourth-order valence-electron chi connectivity index (χ4n) is 7.42. The van der Waals surface area contributed by atoms with Gasteiger partial charge in [0.1, 0.15) is 18.2 Å². The third kappa shape index (κ3) is 6.72. The number of hydrogen-bond acceptors (Lipinski definition) is 2. The number of aromatic nitrogens is 1. The van der Waals surface area contributed by atoms with Crippen LogP contribution in [0.5, 0.6) is 5.75 Å². The Hall–Kier alpha value is -5.81. The molecule has 0 N–H and O–H groups in total. The van der Waals surface area contributed by atoms with Gasteiger partial charge >= 0.3 is 0 Å². The van der Waals surface area contributed by atoms with E-state index in [1.807, 2.05) is 0 Å². The monoisotopic (exact) mass is 666 g/mol. The second-order valence-electron chi connectivity index (χ2n) is 13.4. The first-order valence-corrected chi connectivity index (χ1v) is 18.0. The lowest BCUT2D eigenvalue weighted by Gasteiger charge is -2.18. The Kier molecular flexibility index (Phi) is 9.26. The largest absolute Gasteiger partial charge is 0.488 e. The van der Waals surface area contributed by atoms with Crippen molar-refractivity contribution in [2.24, 2.45) is 20.9 Å². The van der Waals surface area contributed by atoms with Gasteiger partial charge < -0.3 is 9.30 Å². The van der Waals surface area contributed by atoms with Crippen LogP contribution < -0.4 is 4.74 Å². The summed E-state index contributed by atoms with van der Waals surface area (Å²) in [5, 5.41) is 2.53. The van der Waals surface area contributed by atoms with Gasteiger partial charge in [0.15, 0.2) is 5.84 Å². The van der Waals surface area contributed by atoms with Gasteiger partial charge in [0.25, 0.3) is 0 Å². The van der Waals surface area contributed by atoms with Crippen LogP contribution >= 0.6 is 0 Å². The van der Waals surface area contributed by atoms with Gasteiger partial charge in [-0.05, 0) is 98.4 Å². The van der Waals surface area contributed by atoms with Gasteiger partial charge in [0, 0.05) is 33.5 Å². The minimum atomic E-state index is 0.0899. The fraction of sp³-hybridized carbons (Fsp3) is 0.196. The van der Waals surface area contributed by atoms with Crippen LogP contribution in [0.3, 0.4) is 0 Å². The molecule has 5 nitrogen and oxygen atoms in total. The second-order valence-corrected chi connectivity index (χ2v) is 13.4. The fourth-order valence-corrected chi connectivity index (χ4v) is 7.42. The lowest BCUT2D eigenvalue weighted by molar-refractivity contribution is 0.388. The van der Waals surface area contributed by atoms with Gasteiger partial charge in [-0.2, -0.15) is 0 Å². The third-order valence-corrected chi connectivity index (χ3v) is 10.1. The standard InChI is InChI=1S/C46H42N4O/c1-32(50-42-22-11-9-20-40(42)41-21-10-12-23-43(41)50)24-26-38-31-51-44-28-33(25-27-39(38)44)30-48-46(49-45(47-2)35-16-7-4-8-17-35)37-19-13-18-36(29-37)34-14-5-3-6-15-34/h4-5,7-12,14-16,18,20-29,35H,2-3,6,13,17,19,30-31H2,1H3/b32-24+,38-26+,48-46-,49-45-. The summed E-state index contributed by atoms with van der Waals surface area (Å²) in [6, 6.07) is 23.7. The van der Waals surface area contributed by atoms with E-state index in [0.717, 1.165) is 66.1 Å². The molecule has 0 bridgehead atoms. The molecule has 5 heteroatoms. The minimum Gasteiger partial charge on any atom is -0.488 e. The van der Waals surface area contributed by atoms with Gasteiger partial charge in [-0.1, -0.05) is 103 Å². The van der Waals surface area contributed by atoms with Crippen molar-refractivity contribution >= 4 is 51.5 Å². The molecule has 252 valence electrons. The van der Waals surface area contributed by atoms with Crippen molar-refractivity contribution < 1.29 is 4.74 Å². The van der Waals surface area contributed by atoms with Crippen LogP contribution in [-0.2, 0) is 6.54 Å². The van der Waals surface area contributed by atoms with E-state index in [0.29, 0.717) is 19.0 Å². The summed E-state index contributed by atoms with van der Waals surface area (Å²) in [7, 11) is 0. The second kappa shape index (κ2) is 14.6. The smallest absolute Gasteiger partial charge is 0.153 e. The minimum absolute atomic E-state index is 0.0899. The quantitative estimate of drug-likeness (QED) is 0.143. The van der Waals surface area contributed by atoms with Gasteiger partial charge in [-0.15, -0.1) is 0 Å². The number of allylic oxidation sites excluding steroid dienone is 13. The number of fused-ring (bicyclic) bond motifs is 4. The van der Waals surface area contributed by atoms with E-state index in [-0.39, 0.29) is 5.92 Å². The Balaban J connectivity index is 1.08. The molecule has 1 unspecified atom stereocenters. The van der Waals surface area contributed by atoms with E-state index in [4.69, 9.17) is 14.7 Å². The van der Waals surface area contributed by atoms with Gasteiger partial charge in [-0.25, -0.2) is 9.98 Å². The number of amidine groups is 2. The lowest BCUT2D eigenvalue weighted by atomic mass is 9.91. The van der Waals surface area contributed by atoms with Crippen LogP contribution in [0.2, 0.25) is 0 Å². The SMILES string of the molecule is C=N/C(=N\C(=N/Cc1ccc2c(c1)OC/C2=C\C=C(/C)n1c2ccccc2c2ccccc21)C1=CC(C2=CCCC=C2)=CCC1)C1C=CC=CC1. The maximum absolute atomic E-state index is 6.23. The van der Waals surface area contributed by atoms with Crippen LogP contribution in [0.25, 0.3) is 33.1 Å².